The first-order valence-electron chi connectivity index (χ1n) is 8.65. The van der Waals surface area contributed by atoms with E-state index in [1.54, 1.807) is 25.4 Å². The maximum absolute atomic E-state index is 12.5. The van der Waals surface area contributed by atoms with Gasteiger partial charge in [-0.2, -0.15) is 5.26 Å². The van der Waals surface area contributed by atoms with Crippen LogP contribution >= 0.6 is 11.3 Å². The van der Waals surface area contributed by atoms with Gasteiger partial charge >= 0.3 is 0 Å². The van der Waals surface area contributed by atoms with Crippen molar-refractivity contribution in [3.05, 3.63) is 81.9 Å². The average molecular weight is 389 g/mol. The van der Waals surface area contributed by atoms with Crippen LogP contribution in [0.5, 0.6) is 5.75 Å². The highest BCUT2D eigenvalue weighted by Gasteiger charge is 2.13. The molecule has 28 heavy (non-hydrogen) atoms. The molecule has 1 aromatic heterocycles. The molecule has 0 radical (unpaired) electrons. The smallest absolute Gasteiger partial charge is 0.268 e. The van der Waals surface area contributed by atoms with Crippen LogP contribution in [0.15, 0.2) is 60.3 Å². The Balaban J connectivity index is 1.72. The first-order chi connectivity index (χ1) is 13.6. The number of hydrogen-bond donors (Lipinski definition) is 1. The molecule has 1 heterocycles. The number of hydrogen-bond acceptors (Lipinski definition) is 5. The zero-order valence-corrected chi connectivity index (χ0v) is 16.4. The topological polar surface area (TPSA) is 75.0 Å². The molecule has 0 spiro atoms. The van der Waals surface area contributed by atoms with Crippen LogP contribution in [-0.2, 0) is 11.2 Å². The fourth-order valence-corrected chi connectivity index (χ4v) is 3.57. The molecule has 0 atom stereocenters. The second kappa shape index (κ2) is 8.98. The normalized spacial score (nSPS) is 11.0. The summed E-state index contributed by atoms with van der Waals surface area (Å²) < 4.78 is 5.26. The third kappa shape index (κ3) is 4.84. The summed E-state index contributed by atoms with van der Waals surface area (Å²) in [7, 11) is 1.55. The highest BCUT2D eigenvalue weighted by Crippen LogP contribution is 2.23. The monoisotopic (exact) mass is 389 g/mol. The lowest BCUT2D eigenvalue weighted by Gasteiger charge is -2.05. The van der Waals surface area contributed by atoms with Gasteiger partial charge in [-0.3, -0.25) is 10.1 Å². The molecule has 3 rings (SSSR count). The van der Waals surface area contributed by atoms with E-state index in [0.29, 0.717) is 16.4 Å². The fraction of sp³-hybridized carbons (Fsp3) is 0.136. The van der Waals surface area contributed by atoms with Crippen LogP contribution in [-0.4, -0.2) is 18.0 Å². The van der Waals surface area contributed by atoms with Crippen molar-refractivity contribution in [3.63, 3.8) is 0 Å². The minimum absolute atomic E-state index is 0.0139. The number of thiazole rings is 1. The molecule has 6 heteroatoms. The minimum Gasteiger partial charge on any atom is -0.496 e. The largest absolute Gasteiger partial charge is 0.496 e. The number of nitriles is 1. The van der Waals surface area contributed by atoms with Gasteiger partial charge in [-0.1, -0.05) is 48.0 Å². The van der Waals surface area contributed by atoms with Gasteiger partial charge in [0.05, 0.1) is 7.11 Å². The number of methoxy groups -OCH3 is 1. The highest BCUT2D eigenvalue weighted by atomic mass is 32.1. The number of ether oxygens (including phenoxy) is 1. The molecule has 0 saturated heterocycles. The van der Waals surface area contributed by atoms with Crippen LogP contribution in [0.1, 0.15) is 21.6 Å². The summed E-state index contributed by atoms with van der Waals surface area (Å²) in [6.45, 7) is 2.05. The summed E-state index contributed by atoms with van der Waals surface area (Å²) in [6, 6.07) is 17.4. The number of rotatable bonds is 6. The van der Waals surface area contributed by atoms with Crippen LogP contribution < -0.4 is 10.1 Å². The van der Waals surface area contributed by atoms with Crippen LogP contribution in [0.4, 0.5) is 5.13 Å². The second-order valence-electron chi connectivity index (χ2n) is 6.16. The van der Waals surface area contributed by atoms with Gasteiger partial charge in [-0.15, -0.1) is 11.3 Å². The number of nitrogens with one attached hydrogen (secondary N) is 1. The van der Waals surface area contributed by atoms with E-state index >= 15 is 0 Å². The number of aryl methyl sites for hydroxylation is 1. The molecule has 0 aliphatic carbocycles. The van der Waals surface area contributed by atoms with Gasteiger partial charge in [0.25, 0.3) is 5.91 Å². The predicted octanol–water partition coefficient (Wildman–Crippen LogP) is 4.60. The Morgan fingerprint density at radius 1 is 1.29 bits per heavy atom. The van der Waals surface area contributed by atoms with Crippen molar-refractivity contribution in [2.75, 3.05) is 12.4 Å². The Kier molecular flexibility index (Phi) is 6.20. The lowest BCUT2D eigenvalue weighted by Crippen LogP contribution is -2.13. The summed E-state index contributed by atoms with van der Waals surface area (Å²) in [5.41, 5.74) is 3.04. The van der Waals surface area contributed by atoms with Crippen molar-refractivity contribution in [2.24, 2.45) is 0 Å². The average Bonchev–Trinajstić information content (AvgIpc) is 3.12. The second-order valence-corrected chi connectivity index (χ2v) is 7.28. The Morgan fingerprint density at radius 2 is 2.11 bits per heavy atom. The Morgan fingerprint density at radius 3 is 2.86 bits per heavy atom. The Hall–Kier alpha value is -3.43. The molecule has 0 saturated carbocycles. The van der Waals surface area contributed by atoms with Gasteiger partial charge in [-0.25, -0.2) is 4.98 Å². The Bertz CT molecular complexity index is 1060. The van der Waals surface area contributed by atoms with Crippen molar-refractivity contribution in [3.8, 4) is 11.8 Å². The van der Waals surface area contributed by atoms with Crippen LogP contribution in [0, 0.1) is 18.3 Å². The van der Waals surface area contributed by atoms with E-state index in [-0.39, 0.29) is 5.57 Å². The van der Waals surface area contributed by atoms with Crippen LogP contribution in [0.3, 0.4) is 0 Å². The zero-order chi connectivity index (χ0) is 19.9. The predicted molar refractivity (Wildman–Crippen MR) is 111 cm³/mol. The number of carbonyl (C=O) groups excluding carboxylic acids is 1. The van der Waals surface area contributed by atoms with Crippen molar-refractivity contribution < 1.29 is 9.53 Å². The fourth-order valence-electron chi connectivity index (χ4n) is 2.72. The van der Waals surface area contributed by atoms with E-state index in [9.17, 15) is 10.1 Å². The lowest BCUT2D eigenvalue weighted by atomic mass is 10.1. The number of nitrogens with zero attached hydrogens (tertiary/aromatic N) is 2. The number of amides is 1. The van der Waals surface area contributed by atoms with E-state index < -0.39 is 5.91 Å². The molecule has 3 aromatic rings. The third-order valence-electron chi connectivity index (χ3n) is 4.04. The summed E-state index contributed by atoms with van der Waals surface area (Å²) in [6.07, 6.45) is 4.01. The number of aromatic nitrogens is 1. The molecule has 5 nitrogen and oxygen atoms in total. The van der Waals surface area contributed by atoms with Crippen LogP contribution in [0.2, 0.25) is 0 Å². The lowest BCUT2D eigenvalue weighted by molar-refractivity contribution is -0.112. The molecular formula is C22H19N3O2S. The summed E-state index contributed by atoms with van der Waals surface area (Å²) in [5, 5.41) is 12.6. The molecule has 2 aromatic carbocycles. The van der Waals surface area contributed by atoms with Gasteiger partial charge in [0.1, 0.15) is 17.4 Å². The molecule has 0 bridgehead atoms. The van der Waals surface area contributed by atoms with E-state index in [1.807, 2.05) is 24.3 Å². The molecule has 0 aliphatic rings. The van der Waals surface area contributed by atoms with E-state index in [2.05, 4.69) is 35.4 Å². The quantitative estimate of drug-likeness (QED) is 0.494. The van der Waals surface area contributed by atoms with Crippen molar-refractivity contribution in [2.45, 2.75) is 13.3 Å². The minimum atomic E-state index is -0.495. The number of para-hydroxylation sites is 1. The highest BCUT2D eigenvalue weighted by molar-refractivity contribution is 7.15. The van der Waals surface area contributed by atoms with Crippen molar-refractivity contribution >= 4 is 28.5 Å². The zero-order valence-electron chi connectivity index (χ0n) is 15.6. The number of carbonyl (C=O) groups is 1. The van der Waals surface area contributed by atoms with E-state index in [4.69, 9.17) is 4.74 Å². The summed E-state index contributed by atoms with van der Waals surface area (Å²) >= 11 is 1.40. The van der Waals surface area contributed by atoms with Gasteiger partial charge in [0, 0.05) is 23.1 Å². The van der Waals surface area contributed by atoms with Crippen molar-refractivity contribution in [1.82, 2.24) is 4.98 Å². The third-order valence-corrected chi connectivity index (χ3v) is 4.95. The van der Waals surface area contributed by atoms with Crippen LogP contribution in [0.25, 0.3) is 6.08 Å². The molecule has 140 valence electrons. The first kappa shape index (κ1) is 19.3. The van der Waals surface area contributed by atoms with E-state index in [0.717, 1.165) is 11.3 Å². The molecule has 1 amide bonds. The summed E-state index contributed by atoms with van der Waals surface area (Å²) in [4.78, 5) is 17.8. The summed E-state index contributed by atoms with van der Waals surface area (Å²) in [5.74, 6) is 0.0996. The molecule has 0 fully saturated rings. The van der Waals surface area contributed by atoms with Gasteiger partial charge in [0.2, 0.25) is 0 Å². The molecule has 0 unspecified atom stereocenters. The first-order valence-corrected chi connectivity index (χ1v) is 9.47. The van der Waals surface area contributed by atoms with Gasteiger partial charge in [0.15, 0.2) is 5.13 Å². The number of benzene rings is 2. The number of anilines is 1. The molecular weight excluding hydrogens is 370 g/mol. The van der Waals surface area contributed by atoms with Gasteiger partial charge in [-0.05, 0) is 24.6 Å². The van der Waals surface area contributed by atoms with Gasteiger partial charge < -0.3 is 4.74 Å². The van der Waals surface area contributed by atoms with E-state index in [1.165, 1.54) is 28.5 Å². The standard InChI is InChI=1S/C22H19N3O2S/c1-15-6-5-7-16(10-15)11-19-14-24-22(28-19)25-21(26)18(13-23)12-17-8-3-4-9-20(17)27-2/h3-10,12,14H,11H2,1-2H3,(H,24,25,26). The maximum atomic E-state index is 12.5. The van der Waals surface area contributed by atoms with Crippen molar-refractivity contribution in [1.29, 1.82) is 5.26 Å². The molecule has 0 aliphatic heterocycles. The molecule has 1 N–H and O–H groups in total. The Labute approximate surface area is 167 Å². The SMILES string of the molecule is COc1ccccc1C=C(C#N)C(=O)Nc1ncc(Cc2cccc(C)c2)s1. The maximum Gasteiger partial charge on any atom is 0.268 e.